The number of amides is 1. The van der Waals surface area contributed by atoms with E-state index in [2.05, 4.69) is 10.1 Å². The fourth-order valence-electron chi connectivity index (χ4n) is 1.33. The van der Waals surface area contributed by atoms with Crippen molar-refractivity contribution in [3.63, 3.8) is 0 Å². The van der Waals surface area contributed by atoms with Crippen LogP contribution < -0.4 is 5.32 Å². The number of hydrogen-bond donors (Lipinski definition) is 1. The van der Waals surface area contributed by atoms with Crippen LogP contribution in [-0.4, -0.2) is 40.2 Å². The Hall–Kier alpha value is -0.910. The molecule has 0 aromatic carbocycles. The van der Waals surface area contributed by atoms with Crippen molar-refractivity contribution >= 4 is 22.7 Å². The van der Waals surface area contributed by atoms with Gasteiger partial charge in [0.2, 0.25) is 5.91 Å². The van der Waals surface area contributed by atoms with Crippen LogP contribution in [0.25, 0.3) is 0 Å². The lowest BCUT2D eigenvalue weighted by Gasteiger charge is -2.14. The van der Waals surface area contributed by atoms with Gasteiger partial charge in [-0.05, 0) is 19.8 Å². The number of rotatable bonds is 6. The first-order valence-corrected chi connectivity index (χ1v) is 7.09. The lowest BCUT2D eigenvalue weighted by atomic mass is 10.2. The summed E-state index contributed by atoms with van der Waals surface area (Å²) in [5.41, 5.74) is 0. The van der Waals surface area contributed by atoms with Gasteiger partial charge in [-0.3, -0.25) is 13.8 Å². The molecule has 0 saturated heterocycles. The van der Waals surface area contributed by atoms with E-state index in [9.17, 15) is 13.8 Å². The first-order chi connectivity index (χ1) is 7.95. The second-order valence-electron chi connectivity index (χ2n) is 4.40. The maximum atomic E-state index is 11.9. The van der Waals surface area contributed by atoms with Gasteiger partial charge in [0.1, 0.15) is 5.25 Å². The summed E-state index contributed by atoms with van der Waals surface area (Å²) in [6, 6.07) is 0.264. The van der Waals surface area contributed by atoms with Gasteiger partial charge in [-0.15, -0.1) is 0 Å². The number of carbonyl (C=O) groups is 2. The average Bonchev–Trinajstić information content (AvgIpc) is 3.10. The van der Waals surface area contributed by atoms with Crippen LogP contribution in [0.3, 0.4) is 0 Å². The van der Waals surface area contributed by atoms with Gasteiger partial charge in [-0.2, -0.15) is 0 Å². The Morgan fingerprint density at radius 2 is 2.00 bits per heavy atom. The molecule has 1 amide bonds. The molecule has 1 aliphatic rings. The number of esters is 1. The minimum absolute atomic E-state index is 0.159. The van der Waals surface area contributed by atoms with Crippen molar-refractivity contribution in [1.82, 2.24) is 5.32 Å². The third-order valence-corrected chi connectivity index (χ3v) is 4.54. The topological polar surface area (TPSA) is 72.5 Å². The Kier molecular flexibility index (Phi) is 5.11. The van der Waals surface area contributed by atoms with Crippen molar-refractivity contribution in [3.05, 3.63) is 0 Å². The van der Waals surface area contributed by atoms with Gasteiger partial charge in [0, 0.05) is 22.6 Å². The van der Waals surface area contributed by atoms with Crippen LogP contribution in [0.5, 0.6) is 0 Å². The molecule has 0 aromatic heterocycles. The van der Waals surface area contributed by atoms with E-state index in [1.54, 1.807) is 13.8 Å². The molecule has 5 nitrogen and oxygen atoms in total. The van der Waals surface area contributed by atoms with E-state index >= 15 is 0 Å². The van der Waals surface area contributed by atoms with Crippen molar-refractivity contribution in [2.45, 2.75) is 38.0 Å². The molecule has 1 N–H and O–H groups in total. The quantitative estimate of drug-likeness (QED) is 0.694. The van der Waals surface area contributed by atoms with E-state index < -0.39 is 27.9 Å². The summed E-state index contributed by atoms with van der Waals surface area (Å²) in [6.45, 7) is 3.27. The molecule has 0 spiro atoms. The molecule has 98 valence electrons. The third kappa shape index (κ3) is 4.46. The Labute approximate surface area is 104 Å². The maximum Gasteiger partial charge on any atom is 0.309 e. The second kappa shape index (κ2) is 6.14. The van der Waals surface area contributed by atoms with Gasteiger partial charge in [0.05, 0.1) is 13.0 Å². The molecule has 3 atom stereocenters. The van der Waals surface area contributed by atoms with Crippen LogP contribution in [0.15, 0.2) is 0 Å². The summed E-state index contributed by atoms with van der Waals surface area (Å²) >= 11 is 0. The summed E-state index contributed by atoms with van der Waals surface area (Å²) in [7, 11) is -0.0520. The van der Waals surface area contributed by atoms with Crippen molar-refractivity contribution < 1.29 is 18.5 Å². The molecule has 0 heterocycles. The lowest BCUT2D eigenvalue weighted by Crippen LogP contribution is -2.38. The fraction of sp³-hybridized carbons (Fsp3) is 0.818. The van der Waals surface area contributed by atoms with E-state index in [0.717, 1.165) is 12.8 Å². The minimum Gasteiger partial charge on any atom is -0.469 e. The zero-order chi connectivity index (χ0) is 13.0. The Morgan fingerprint density at radius 3 is 2.47 bits per heavy atom. The van der Waals surface area contributed by atoms with Crippen molar-refractivity contribution in [2.24, 2.45) is 5.92 Å². The Balaban J connectivity index is 2.39. The number of carbonyl (C=O) groups excluding carboxylic acids is 2. The van der Waals surface area contributed by atoms with Crippen LogP contribution in [0.1, 0.15) is 26.7 Å². The number of methoxy groups -OCH3 is 1. The van der Waals surface area contributed by atoms with E-state index in [1.165, 1.54) is 7.11 Å². The Morgan fingerprint density at radius 1 is 1.41 bits per heavy atom. The zero-order valence-corrected chi connectivity index (χ0v) is 11.2. The number of ether oxygens (including phenoxy) is 1. The first-order valence-electron chi connectivity index (χ1n) is 5.71. The molecule has 0 aliphatic heterocycles. The molecule has 6 heteroatoms. The van der Waals surface area contributed by atoms with E-state index in [1.807, 2.05) is 0 Å². The SMILES string of the molecule is COC(=O)C(C)CS(=O)C(C)C(=O)NC1CC1. The predicted octanol–water partition coefficient (Wildman–Crippen LogP) is 0.211. The summed E-state index contributed by atoms with van der Waals surface area (Å²) in [5, 5.41) is 2.22. The molecule has 0 aromatic rings. The standard InChI is InChI=1S/C11H19NO4S/c1-7(11(14)16-3)6-17(15)8(2)10(13)12-9-4-5-9/h7-9H,4-6H2,1-3H3,(H,12,13). The van der Waals surface area contributed by atoms with Crippen LogP contribution >= 0.6 is 0 Å². The molecule has 1 rings (SSSR count). The maximum absolute atomic E-state index is 11.9. The van der Waals surface area contributed by atoms with E-state index in [0.29, 0.717) is 0 Å². The summed E-state index contributed by atoms with van der Waals surface area (Å²) in [4.78, 5) is 22.8. The highest BCUT2D eigenvalue weighted by molar-refractivity contribution is 7.86. The second-order valence-corrected chi connectivity index (χ2v) is 6.20. The van der Waals surface area contributed by atoms with Crippen LogP contribution in [0.4, 0.5) is 0 Å². The highest BCUT2D eigenvalue weighted by Crippen LogP contribution is 2.19. The molecule has 3 unspecified atom stereocenters. The summed E-state index contributed by atoms with van der Waals surface area (Å²) in [5.74, 6) is -0.876. The van der Waals surface area contributed by atoms with Crippen LogP contribution in [0, 0.1) is 5.92 Å². The average molecular weight is 261 g/mol. The van der Waals surface area contributed by atoms with Gasteiger partial charge in [0.15, 0.2) is 0 Å². The van der Waals surface area contributed by atoms with E-state index in [-0.39, 0.29) is 17.7 Å². The highest BCUT2D eigenvalue weighted by atomic mass is 32.2. The van der Waals surface area contributed by atoms with Gasteiger partial charge in [0.25, 0.3) is 0 Å². The Bertz CT molecular complexity index is 327. The van der Waals surface area contributed by atoms with Gasteiger partial charge < -0.3 is 10.1 Å². The van der Waals surface area contributed by atoms with Crippen LogP contribution in [-0.2, 0) is 25.1 Å². The van der Waals surface area contributed by atoms with Gasteiger partial charge in [-0.1, -0.05) is 6.92 Å². The molecule has 0 bridgehead atoms. The predicted molar refractivity (Wildman–Crippen MR) is 64.8 cm³/mol. The monoisotopic (exact) mass is 261 g/mol. The first kappa shape index (κ1) is 14.2. The fourth-order valence-corrected chi connectivity index (χ4v) is 2.55. The van der Waals surface area contributed by atoms with E-state index in [4.69, 9.17) is 0 Å². The van der Waals surface area contributed by atoms with Gasteiger partial charge in [-0.25, -0.2) is 0 Å². The summed E-state index contributed by atoms with van der Waals surface area (Å²) in [6.07, 6.45) is 2.01. The molecular weight excluding hydrogens is 242 g/mol. The molecule has 17 heavy (non-hydrogen) atoms. The third-order valence-electron chi connectivity index (χ3n) is 2.71. The van der Waals surface area contributed by atoms with Crippen molar-refractivity contribution in [1.29, 1.82) is 0 Å². The molecular formula is C11H19NO4S. The molecule has 1 fully saturated rings. The van der Waals surface area contributed by atoms with Crippen LogP contribution in [0.2, 0.25) is 0 Å². The highest BCUT2D eigenvalue weighted by Gasteiger charge is 2.29. The van der Waals surface area contributed by atoms with Gasteiger partial charge >= 0.3 is 5.97 Å². The van der Waals surface area contributed by atoms with Crippen molar-refractivity contribution in [3.8, 4) is 0 Å². The minimum atomic E-state index is -1.35. The largest absolute Gasteiger partial charge is 0.469 e. The molecule has 1 saturated carbocycles. The zero-order valence-electron chi connectivity index (χ0n) is 10.4. The molecule has 0 radical (unpaired) electrons. The van der Waals surface area contributed by atoms with Crippen molar-refractivity contribution in [2.75, 3.05) is 12.9 Å². The number of nitrogens with one attached hydrogen (secondary N) is 1. The lowest BCUT2D eigenvalue weighted by molar-refractivity contribution is -0.144. The number of hydrogen-bond acceptors (Lipinski definition) is 4. The summed E-state index contributed by atoms with van der Waals surface area (Å²) < 4.78 is 16.4. The normalized spacial score (nSPS) is 20.2. The molecule has 1 aliphatic carbocycles. The smallest absolute Gasteiger partial charge is 0.309 e.